The van der Waals surface area contributed by atoms with Gasteiger partial charge in [-0.3, -0.25) is 0 Å². The van der Waals surface area contributed by atoms with E-state index in [1.54, 1.807) is 0 Å². The molecule has 4 nitrogen and oxygen atoms in total. The Balaban J connectivity index is 3.04. The molecule has 0 amide bonds. The molecule has 0 unspecified atom stereocenters. The van der Waals surface area contributed by atoms with Gasteiger partial charge < -0.3 is 10.6 Å². The van der Waals surface area contributed by atoms with Crippen LogP contribution >= 0.6 is 0 Å². The molecule has 96 valence electrons. The van der Waals surface area contributed by atoms with Gasteiger partial charge in [-0.25, -0.2) is 9.97 Å². The summed E-state index contributed by atoms with van der Waals surface area (Å²) in [6.07, 6.45) is 3.07. The highest BCUT2D eigenvalue weighted by Crippen LogP contribution is 2.21. The van der Waals surface area contributed by atoms with Gasteiger partial charge in [-0.15, -0.1) is 0 Å². The van der Waals surface area contributed by atoms with Gasteiger partial charge in [0.25, 0.3) is 0 Å². The fourth-order valence-corrected chi connectivity index (χ4v) is 1.79. The molecule has 0 saturated carbocycles. The Bertz CT molecular complexity index is 359. The van der Waals surface area contributed by atoms with Gasteiger partial charge in [0.15, 0.2) is 0 Å². The number of aryl methyl sites for hydroxylation is 1. The smallest absolute Gasteiger partial charge is 0.134 e. The Morgan fingerprint density at radius 2 is 1.65 bits per heavy atom. The zero-order chi connectivity index (χ0) is 12.8. The summed E-state index contributed by atoms with van der Waals surface area (Å²) < 4.78 is 0. The van der Waals surface area contributed by atoms with Crippen molar-refractivity contribution < 1.29 is 0 Å². The number of aromatic nitrogens is 2. The second-order valence-corrected chi connectivity index (χ2v) is 4.22. The normalized spacial score (nSPS) is 10.7. The summed E-state index contributed by atoms with van der Waals surface area (Å²) in [5.74, 6) is 2.77. The number of hydrogen-bond donors (Lipinski definition) is 2. The molecular weight excluding hydrogens is 212 g/mol. The van der Waals surface area contributed by atoms with Crippen LogP contribution in [0.4, 0.5) is 11.6 Å². The SMILES string of the molecule is CCc1nc(NC)c(C)c(NC(CC)CC)n1. The maximum Gasteiger partial charge on any atom is 0.134 e. The van der Waals surface area contributed by atoms with Crippen molar-refractivity contribution >= 4 is 11.6 Å². The van der Waals surface area contributed by atoms with Crippen LogP contribution in [-0.4, -0.2) is 23.1 Å². The molecule has 1 aromatic rings. The number of nitrogens with zero attached hydrogens (tertiary/aromatic N) is 2. The molecule has 0 saturated heterocycles. The van der Waals surface area contributed by atoms with Crippen molar-refractivity contribution in [1.29, 1.82) is 0 Å². The first-order chi connectivity index (χ1) is 8.15. The molecule has 0 aromatic carbocycles. The van der Waals surface area contributed by atoms with Crippen molar-refractivity contribution in [1.82, 2.24) is 9.97 Å². The summed E-state index contributed by atoms with van der Waals surface area (Å²) in [7, 11) is 1.90. The fraction of sp³-hybridized carbons (Fsp3) is 0.692. The quantitative estimate of drug-likeness (QED) is 0.797. The van der Waals surface area contributed by atoms with Crippen LogP contribution in [0.2, 0.25) is 0 Å². The maximum atomic E-state index is 4.57. The lowest BCUT2D eigenvalue weighted by Gasteiger charge is -2.19. The van der Waals surface area contributed by atoms with E-state index in [9.17, 15) is 0 Å². The Labute approximate surface area is 104 Å². The van der Waals surface area contributed by atoms with Crippen LogP contribution < -0.4 is 10.6 Å². The Kier molecular flexibility index (Phi) is 5.19. The topological polar surface area (TPSA) is 49.8 Å². The van der Waals surface area contributed by atoms with Gasteiger partial charge in [-0.1, -0.05) is 20.8 Å². The lowest BCUT2D eigenvalue weighted by molar-refractivity contribution is 0.666. The molecule has 0 bridgehead atoms. The van der Waals surface area contributed by atoms with Gasteiger partial charge in [0, 0.05) is 25.1 Å². The van der Waals surface area contributed by atoms with Gasteiger partial charge in [-0.05, 0) is 19.8 Å². The maximum absolute atomic E-state index is 4.57. The zero-order valence-electron chi connectivity index (χ0n) is 11.6. The van der Waals surface area contributed by atoms with Crippen molar-refractivity contribution in [2.75, 3.05) is 17.7 Å². The van der Waals surface area contributed by atoms with Crippen molar-refractivity contribution in [3.05, 3.63) is 11.4 Å². The fourth-order valence-electron chi connectivity index (χ4n) is 1.79. The van der Waals surface area contributed by atoms with Crippen LogP contribution in [0.1, 0.15) is 45.0 Å². The molecule has 0 radical (unpaired) electrons. The van der Waals surface area contributed by atoms with Gasteiger partial charge in [0.2, 0.25) is 0 Å². The second kappa shape index (κ2) is 6.42. The Morgan fingerprint density at radius 1 is 1.06 bits per heavy atom. The minimum Gasteiger partial charge on any atom is -0.373 e. The second-order valence-electron chi connectivity index (χ2n) is 4.22. The molecule has 0 atom stereocenters. The third kappa shape index (κ3) is 3.32. The molecule has 0 aliphatic rings. The van der Waals surface area contributed by atoms with E-state index in [0.717, 1.165) is 42.3 Å². The first-order valence-corrected chi connectivity index (χ1v) is 6.47. The van der Waals surface area contributed by atoms with E-state index in [1.807, 2.05) is 7.05 Å². The molecule has 2 N–H and O–H groups in total. The zero-order valence-corrected chi connectivity index (χ0v) is 11.6. The predicted octanol–water partition coefficient (Wildman–Crippen LogP) is 2.99. The van der Waals surface area contributed by atoms with E-state index in [1.165, 1.54) is 0 Å². The van der Waals surface area contributed by atoms with Crippen LogP contribution in [0.5, 0.6) is 0 Å². The van der Waals surface area contributed by atoms with Crippen LogP contribution in [0, 0.1) is 6.92 Å². The van der Waals surface area contributed by atoms with Gasteiger partial charge >= 0.3 is 0 Å². The lowest BCUT2D eigenvalue weighted by atomic mass is 10.1. The monoisotopic (exact) mass is 236 g/mol. The first-order valence-electron chi connectivity index (χ1n) is 6.47. The molecule has 1 rings (SSSR count). The van der Waals surface area contributed by atoms with E-state index >= 15 is 0 Å². The van der Waals surface area contributed by atoms with E-state index < -0.39 is 0 Å². The third-order valence-electron chi connectivity index (χ3n) is 3.07. The molecule has 1 heterocycles. The highest BCUT2D eigenvalue weighted by molar-refractivity contribution is 5.57. The highest BCUT2D eigenvalue weighted by atomic mass is 15.1. The Hall–Kier alpha value is -1.32. The molecular formula is C13H24N4. The molecule has 4 heteroatoms. The molecule has 17 heavy (non-hydrogen) atoms. The number of rotatable bonds is 6. The van der Waals surface area contributed by atoms with E-state index in [-0.39, 0.29) is 0 Å². The lowest BCUT2D eigenvalue weighted by Crippen LogP contribution is -2.20. The number of hydrogen-bond acceptors (Lipinski definition) is 4. The van der Waals surface area contributed by atoms with Gasteiger partial charge in [0.05, 0.1) is 0 Å². The Morgan fingerprint density at radius 3 is 2.12 bits per heavy atom. The van der Waals surface area contributed by atoms with E-state index in [2.05, 4.69) is 48.3 Å². The van der Waals surface area contributed by atoms with E-state index in [0.29, 0.717) is 6.04 Å². The third-order valence-corrected chi connectivity index (χ3v) is 3.07. The molecule has 0 spiro atoms. The summed E-state index contributed by atoms with van der Waals surface area (Å²) >= 11 is 0. The van der Waals surface area contributed by atoms with Crippen molar-refractivity contribution in [2.24, 2.45) is 0 Å². The predicted molar refractivity (Wildman–Crippen MR) is 73.7 cm³/mol. The summed E-state index contributed by atoms with van der Waals surface area (Å²) in [4.78, 5) is 9.04. The average molecular weight is 236 g/mol. The largest absolute Gasteiger partial charge is 0.373 e. The van der Waals surface area contributed by atoms with Crippen molar-refractivity contribution in [2.45, 2.75) is 53.0 Å². The summed E-state index contributed by atoms with van der Waals surface area (Å²) in [6.45, 7) is 8.51. The van der Waals surface area contributed by atoms with E-state index in [4.69, 9.17) is 0 Å². The van der Waals surface area contributed by atoms with Crippen LogP contribution in [0.15, 0.2) is 0 Å². The standard InChI is InChI=1S/C13H24N4/c1-6-10(7-2)15-13-9(4)12(14-5)16-11(8-3)17-13/h10H,6-8H2,1-5H3,(H2,14,15,16,17). The number of anilines is 2. The summed E-state index contributed by atoms with van der Waals surface area (Å²) in [6, 6.07) is 0.484. The van der Waals surface area contributed by atoms with Gasteiger partial charge in [0.1, 0.15) is 17.5 Å². The van der Waals surface area contributed by atoms with Gasteiger partial charge in [-0.2, -0.15) is 0 Å². The molecule has 0 aliphatic heterocycles. The van der Waals surface area contributed by atoms with Crippen molar-refractivity contribution in [3.63, 3.8) is 0 Å². The first kappa shape index (κ1) is 13.7. The molecule has 0 aliphatic carbocycles. The molecule has 0 fully saturated rings. The average Bonchev–Trinajstić information content (AvgIpc) is 2.37. The minimum atomic E-state index is 0.484. The summed E-state index contributed by atoms with van der Waals surface area (Å²) in [5.41, 5.74) is 1.09. The summed E-state index contributed by atoms with van der Waals surface area (Å²) in [5, 5.41) is 6.63. The van der Waals surface area contributed by atoms with Crippen molar-refractivity contribution in [3.8, 4) is 0 Å². The van der Waals surface area contributed by atoms with Crippen LogP contribution in [-0.2, 0) is 6.42 Å². The number of nitrogens with one attached hydrogen (secondary N) is 2. The van der Waals surface area contributed by atoms with Crippen LogP contribution in [0.3, 0.4) is 0 Å². The highest BCUT2D eigenvalue weighted by Gasteiger charge is 2.11. The van der Waals surface area contributed by atoms with Crippen LogP contribution in [0.25, 0.3) is 0 Å². The molecule has 1 aromatic heterocycles. The minimum absolute atomic E-state index is 0.484.